The van der Waals surface area contributed by atoms with Crippen molar-refractivity contribution in [3.63, 3.8) is 0 Å². The number of halogens is 1. The average Bonchev–Trinajstić information content (AvgIpc) is 2.58. The third-order valence-electron chi connectivity index (χ3n) is 2.21. The molecule has 0 atom stereocenters. The van der Waals surface area contributed by atoms with Crippen LogP contribution in [0.25, 0.3) is 5.52 Å². The van der Waals surface area contributed by atoms with Crippen LogP contribution in [0.3, 0.4) is 0 Å². The van der Waals surface area contributed by atoms with E-state index in [1.165, 1.54) is 0 Å². The van der Waals surface area contributed by atoms with Crippen LogP contribution in [-0.4, -0.2) is 20.5 Å². The van der Waals surface area contributed by atoms with Crippen LogP contribution in [0, 0.1) is 0 Å². The fourth-order valence-corrected chi connectivity index (χ4v) is 2.07. The molecular formula is C10H9BrN2O2. The third kappa shape index (κ3) is 2.02. The van der Waals surface area contributed by atoms with E-state index in [0.29, 0.717) is 6.42 Å². The molecule has 78 valence electrons. The first kappa shape index (κ1) is 10.2. The van der Waals surface area contributed by atoms with Gasteiger partial charge in [-0.25, -0.2) is 4.98 Å². The summed E-state index contributed by atoms with van der Waals surface area (Å²) in [5.41, 5.74) is 1.93. The van der Waals surface area contributed by atoms with Gasteiger partial charge in [-0.15, -0.1) is 0 Å². The highest BCUT2D eigenvalue weighted by Crippen LogP contribution is 2.21. The monoisotopic (exact) mass is 268 g/mol. The molecule has 4 nitrogen and oxygen atoms in total. The molecule has 0 aliphatic heterocycles. The Morgan fingerprint density at radius 3 is 3.13 bits per heavy atom. The summed E-state index contributed by atoms with van der Waals surface area (Å²) in [6.45, 7) is 0. The summed E-state index contributed by atoms with van der Waals surface area (Å²) in [7, 11) is 0. The Kier molecular flexibility index (Phi) is 2.73. The second-order valence-corrected chi connectivity index (χ2v) is 3.97. The number of carboxylic acids is 1. The first-order valence-electron chi connectivity index (χ1n) is 4.50. The molecule has 0 fully saturated rings. The number of imidazole rings is 1. The fraction of sp³-hybridized carbons (Fsp3) is 0.200. The normalized spacial score (nSPS) is 10.7. The molecule has 0 aliphatic carbocycles. The lowest BCUT2D eigenvalue weighted by molar-refractivity contribution is -0.136. The summed E-state index contributed by atoms with van der Waals surface area (Å²) < 4.78 is 2.63. The maximum absolute atomic E-state index is 10.5. The number of carboxylic acid groups (broad SMARTS) is 1. The van der Waals surface area contributed by atoms with Crippen molar-refractivity contribution < 1.29 is 9.90 Å². The Morgan fingerprint density at radius 1 is 1.60 bits per heavy atom. The smallest absolute Gasteiger partial charge is 0.303 e. The zero-order chi connectivity index (χ0) is 10.8. The van der Waals surface area contributed by atoms with Crippen LogP contribution in [0.5, 0.6) is 0 Å². The molecule has 15 heavy (non-hydrogen) atoms. The highest BCUT2D eigenvalue weighted by Gasteiger charge is 2.07. The van der Waals surface area contributed by atoms with E-state index in [0.717, 1.165) is 15.7 Å². The van der Waals surface area contributed by atoms with Crippen LogP contribution in [0.4, 0.5) is 0 Å². The van der Waals surface area contributed by atoms with E-state index in [1.807, 2.05) is 22.7 Å². The second-order valence-electron chi connectivity index (χ2n) is 3.22. The van der Waals surface area contributed by atoms with E-state index in [2.05, 4.69) is 20.9 Å². The maximum Gasteiger partial charge on any atom is 0.303 e. The number of carbonyl (C=O) groups is 1. The number of hydrogen-bond donors (Lipinski definition) is 1. The van der Waals surface area contributed by atoms with Crippen LogP contribution >= 0.6 is 15.9 Å². The molecule has 0 amide bonds. The largest absolute Gasteiger partial charge is 0.481 e. The topological polar surface area (TPSA) is 54.6 Å². The van der Waals surface area contributed by atoms with Gasteiger partial charge in [0.1, 0.15) is 10.9 Å². The van der Waals surface area contributed by atoms with E-state index in [4.69, 9.17) is 5.11 Å². The number of aryl methyl sites for hydroxylation is 1. The zero-order valence-electron chi connectivity index (χ0n) is 7.85. The highest BCUT2D eigenvalue weighted by atomic mass is 79.9. The van der Waals surface area contributed by atoms with Gasteiger partial charge in [-0.2, -0.15) is 0 Å². The van der Waals surface area contributed by atoms with Crippen molar-refractivity contribution in [1.82, 2.24) is 9.38 Å². The molecule has 0 saturated carbocycles. The summed E-state index contributed by atoms with van der Waals surface area (Å²) in [6, 6.07) is 3.81. The van der Waals surface area contributed by atoms with Crippen molar-refractivity contribution >= 4 is 27.4 Å². The first-order chi connectivity index (χ1) is 7.18. The van der Waals surface area contributed by atoms with E-state index < -0.39 is 5.97 Å². The summed E-state index contributed by atoms with van der Waals surface area (Å²) >= 11 is 3.35. The van der Waals surface area contributed by atoms with Gasteiger partial charge in [-0.3, -0.25) is 4.79 Å². The second kappa shape index (κ2) is 4.02. The SMILES string of the molecule is O=C(O)CCc1cccn2cnc(Br)c12. The predicted molar refractivity (Wildman–Crippen MR) is 58.8 cm³/mol. The molecule has 1 N–H and O–H groups in total. The quantitative estimate of drug-likeness (QED) is 0.928. The van der Waals surface area contributed by atoms with Gasteiger partial charge in [-0.1, -0.05) is 6.07 Å². The molecule has 0 saturated heterocycles. The molecule has 5 heteroatoms. The van der Waals surface area contributed by atoms with Crippen molar-refractivity contribution in [3.8, 4) is 0 Å². The van der Waals surface area contributed by atoms with Gasteiger partial charge in [-0.05, 0) is 34.0 Å². The molecule has 0 radical (unpaired) electrons. The third-order valence-corrected chi connectivity index (χ3v) is 2.79. The Labute approximate surface area is 94.7 Å². The number of aliphatic carboxylic acids is 1. The Morgan fingerprint density at radius 2 is 2.40 bits per heavy atom. The Bertz CT molecular complexity index is 507. The summed E-state index contributed by atoms with van der Waals surface area (Å²) in [6.07, 6.45) is 4.24. The van der Waals surface area contributed by atoms with Gasteiger partial charge in [0.05, 0.1) is 5.52 Å². The molecule has 0 unspecified atom stereocenters. The van der Waals surface area contributed by atoms with E-state index in [9.17, 15) is 4.79 Å². The van der Waals surface area contributed by atoms with Gasteiger partial charge < -0.3 is 9.51 Å². The molecule has 0 spiro atoms. The Hall–Kier alpha value is -1.36. The summed E-state index contributed by atoms with van der Waals surface area (Å²) in [5, 5.41) is 8.63. The molecular weight excluding hydrogens is 260 g/mol. The average molecular weight is 269 g/mol. The molecule has 2 heterocycles. The number of pyridine rings is 1. The van der Waals surface area contributed by atoms with E-state index in [-0.39, 0.29) is 6.42 Å². The molecule has 0 aromatic carbocycles. The minimum Gasteiger partial charge on any atom is -0.481 e. The van der Waals surface area contributed by atoms with E-state index in [1.54, 1.807) is 6.33 Å². The van der Waals surface area contributed by atoms with Crippen LogP contribution in [0.1, 0.15) is 12.0 Å². The lowest BCUT2D eigenvalue weighted by Gasteiger charge is -2.02. The zero-order valence-corrected chi connectivity index (χ0v) is 9.44. The molecule has 0 aliphatic rings. The van der Waals surface area contributed by atoms with Crippen LogP contribution in [0.2, 0.25) is 0 Å². The molecule has 2 aromatic heterocycles. The van der Waals surface area contributed by atoms with E-state index >= 15 is 0 Å². The first-order valence-corrected chi connectivity index (χ1v) is 5.29. The standard InChI is InChI=1S/C10H9BrN2O2/c11-10-9-7(3-4-8(14)15)2-1-5-13(9)6-12-10/h1-2,5-6H,3-4H2,(H,14,15). The highest BCUT2D eigenvalue weighted by molar-refractivity contribution is 9.10. The number of nitrogens with zero attached hydrogens (tertiary/aromatic N) is 2. The molecule has 2 aromatic rings. The van der Waals surface area contributed by atoms with Crippen molar-refractivity contribution in [2.75, 3.05) is 0 Å². The van der Waals surface area contributed by atoms with Gasteiger partial charge in [0.25, 0.3) is 0 Å². The number of rotatable bonds is 3. The summed E-state index contributed by atoms with van der Waals surface area (Å²) in [5.74, 6) is -0.785. The van der Waals surface area contributed by atoms with Gasteiger partial charge in [0.2, 0.25) is 0 Å². The predicted octanol–water partition coefficient (Wildman–Crippen LogP) is 2.11. The number of fused-ring (bicyclic) bond motifs is 1. The van der Waals surface area contributed by atoms with Crippen LogP contribution < -0.4 is 0 Å². The summed E-state index contributed by atoms with van der Waals surface area (Å²) in [4.78, 5) is 14.6. The van der Waals surface area contributed by atoms with Gasteiger partial charge >= 0.3 is 5.97 Å². The Balaban J connectivity index is 2.41. The maximum atomic E-state index is 10.5. The number of hydrogen-bond acceptors (Lipinski definition) is 2. The van der Waals surface area contributed by atoms with Gasteiger partial charge in [0, 0.05) is 12.6 Å². The minimum absolute atomic E-state index is 0.136. The molecule has 2 rings (SSSR count). The van der Waals surface area contributed by atoms with Crippen molar-refractivity contribution in [2.45, 2.75) is 12.8 Å². The lowest BCUT2D eigenvalue weighted by Crippen LogP contribution is -1.99. The fourth-order valence-electron chi connectivity index (χ4n) is 1.52. The molecule has 0 bridgehead atoms. The van der Waals surface area contributed by atoms with Crippen LogP contribution in [-0.2, 0) is 11.2 Å². The van der Waals surface area contributed by atoms with Crippen molar-refractivity contribution in [3.05, 3.63) is 34.8 Å². The number of aromatic nitrogens is 2. The minimum atomic E-state index is -0.785. The van der Waals surface area contributed by atoms with Crippen molar-refractivity contribution in [1.29, 1.82) is 0 Å². The van der Waals surface area contributed by atoms with Gasteiger partial charge in [0.15, 0.2) is 0 Å². The lowest BCUT2D eigenvalue weighted by atomic mass is 10.1. The van der Waals surface area contributed by atoms with Crippen LogP contribution in [0.15, 0.2) is 29.3 Å². The van der Waals surface area contributed by atoms with Crippen molar-refractivity contribution in [2.24, 2.45) is 0 Å².